The van der Waals surface area contributed by atoms with Crippen molar-refractivity contribution >= 4 is 34.8 Å². The van der Waals surface area contributed by atoms with Gasteiger partial charge in [0.15, 0.2) is 11.6 Å². The highest BCUT2D eigenvalue weighted by atomic mass is 19.1. The first-order valence-electron chi connectivity index (χ1n) is 10.9. The van der Waals surface area contributed by atoms with Crippen LogP contribution in [0.15, 0.2) is 72.8 Å². The molecule has 170 valence electrons. The van der Waals surface area contributed by atoms with E-state index in [9.17, 15) is 23.6 Å². The number of Topliss-reactive ketones (excluding diaryl/α,β-unsaturated/α-hetero) is 2. The van der Waals surface area contributed by atoms with Gasteiger partial charge in [-0.15, -0.1) is 0 Å². The second kappa shape index (κ2) is 8.02. The summed E-state index contributed by atoms with van der Waals surface area (Å²) in [6, 6.07) is 18.7. The van der Waals surface area contributed by atoms with Crippen molar-refractivity contribution in [2.24, 2.45) is 11.8 Å². The van der Waals surface area contributed by atoms with Crippen molar-refractivity contribution in [2.75, 3.05) is 23.9 Å². The molecule has 2 heterocycles. The van der Waals surface area contributed by atoms with Gasteiger partial charge in [-0.25, -0.2) is 4.39 Å². The van der Waals surface area contributed by atoms with E-state index in [1.54, 1.807) is 62.6 Å². The van der Waals surface area contributed by atoms with Gasteiger partial charge >= 0.3 is 0 Å². The van der Waals surface area contributed by atoms with Crippen LogP contribution in [0, 0.1) is 17.7 Å². The average Bonchev–Trinajstić information content (AvgIpc) is 2.86. The Labute approximate surface area is 195 Å². The number of fused-ring (bicyclic) bond motifs is 2. The normalized spacial score (nSPS) is 20.8. The molecule has 6 nitrogen and oxygen atoms in total. The van der Waals surface area contributed by atoms with Gasteiger partial charge in [0.25, 0.3) is 0 Å². The van der Waals surface area contributed by atoms with E-state index in [-0.39, 0.29) is 0 Å². The van der Waals surface area contributed by atoms with Crippen molar-refractivity contribution < 1.29 is 23.6 Å². The molecule has 2 amide bonds. The van der Waals surface area contributed by atoms with Crippen LogP contribution in [0.25, 0.3) is 0 Å². The summed E-state index contributed by atoms with van der Waals surface area (Å²) in [7, 11) is 3.13. The fourth-order valence-electron chi connectivity index (χ4n) is 5.06. The van der Waals surface area contributed by atoms with E-state index in [0.29, 0.717) is 28.1 Å². The molecule has 0 saturated carbocycles. The van der Waals surface area contributed by atoms with Gasteiger partial charge in [0.1, 0.15) is 17.7 Å². The first-order valence-corrected chi connectivity index (χ1v) is 10.9. The highest BCUT2D eigenvalue weighted by Crippen LogP contribution is 2.45. The Kier molecular flexibility index (Phi) is 5.12. The molecular weight excluding hydrogens is 435 g/mol. The molecule has 0 bridgehead atoms. The highest BCUT2D eigenvalue weighted by molar-refractivity contribution is 6.25. The van der Waals surface area contributed by atoms with Crippen LogP contribution in [0.4, 0.5) is 15.8 Å². The summed E-state index contributed by atoms with van der Waals surface area (Å²) in [5.74, 6) is -6.20. The number of anilines is 2. The van der Waals surface area contributed by atoms with Crippen LogP contribution in [0.3, 0.4) is 0 Å². The van der Waals surface area contributed by atoms with E-state index >= 15 is 0 Å². The minimum atomic E-state index is -1.32. The van der Waals surface area contributed by atoms with Gasteiger partial charge in [0, 0.05) is 31.1 Å². The molecule has 0 spiro atoms. The Balaban J connectivity index is 1.71. The van der Waals surface area contributed by atoms with E-state index in [1.807, 2.05) is 0 Å². The molecule has 3 aromatic carbocycles. The number of halogens is 1. The van der Waals surface area contributed by atoms with Crippen LogP contribution in [-0.2, 0) is 9.59 Å². The van der Waals surface area contributed by atoms with Crippen LogP contribution in [-0.4, -0.2) is 37.5 Å². The number of benzene rings is 3. The summed E-state index contributed by atoms with van der Waals surface area (Å²) in [6.45, 7) is 0. The zero-order valence-corrected chi connectivity index (χ0v) is 18.6. The van der Waals surface area contributed by atoms with Crippen molar-refractivity contribution in [1.29, 1.82) is 0 Å². The number of ketones is 2. The fraction of sp³-hybridized carbons (Fsp3) is 0.185. The molecule has 0 radical (unpaired) electrons. The van der Waals surface area contributed by atoms with E-state index in [1.165, 1.54) is 34.1 Å². The van der Waals surface area contributed by atoms with Gasteiger partial charge in [-0.1, -0.05) is 36.4 Å². The number of hydrogen-bond acceptors (Lipinski definition) is 4. The predicted octanol–water partition coefficient (Wildman–Crippen LogP) is 3.86. The van der Waals surface area contributed by atoms with Gasteiger partial charge < -0.3 is 9.80 Å². The SMILES string of the molecule is CN1C(=O)[C@H](C(c2ccc(F)cc2)[C@H]2C(=O)c3ccccc3N(C)C2=O)C(=O)c2ccccc21. The van der Waals surface area contributed by atoms with Crippen molar-refractivity contribution in [2.45, 2.75) is 5.92 Å². The summed E-state index contributed by atoms with van der Waals surface area (Å²) in [6.07, 6.45) is 0. The van der Waals surface area contributed by atoms with Gasteiger partial charge in [-0.3, -0.25) is 19.2 Å². The minimum Gasteiger partial charge on any atom is -0.314 e. The molecule has 2 aliphatic heterocycles. The molecule has 2 aliphatic rings. The van der Waals surface area contributed by atoms with E-state index in [0.717, 1.165) is 0 Å². The maximum absolute atomic E-state index is 13.8. The summed E-state index contributed by atoms with van der Waals surface area (Å²) in [5, 5.41) is 0. The van der Waals surface area contributed by atoms with Gasteiger partial charge in [-0.05, 0) is 42.0 Å². The maximum atomic E-state index is 13.8. The van der Waals surface area contributed by atoms with Crippen LogP contribution in [0.5, 0.6) is 0 Å². The zero-order valence-electron chi connectivity index (χ0n) is 18.6. The Hall–Kier alpha value is -4.13. The molecule has 0 aromatic heterocycles. The smallest absolute Gasteiger partial charge is 0.238 e. The molecule has 1 unspecified atom stereocenters. The lowest BCUT2D eigenvalue weighted by atomic mass is 9.68. The van der Waals surface area contributed by atoms with Crippen molar-refractivity contribution in [3.8, 4) is 0 Å². The second-order valence-corrected chi connectivity index (χ2v) is 8.59. The average molecular weight is 456 g/mol. The van der Waals surface area contributed by atoms with Crippen molar-refractivity contribution in [3.63, 3.8) is 0 Å². The maximum Gasteiger partial charge on any atom is 0.238 e. The standard InChI is InChI=1S/C27H21FN2O4/c1-29-19-9-5-3-7-17(19)24(31)22(26(29)33)21(15-11-13-16(28)14-12-15)23-25(32)18-8-4-6-10-20(18)30(2)27(23)34/h3-14,21-23H,1-2H3/t21?,22-,23+. The number of nitrogens with zero attached hydrogens (tertiary/aromatic N) is 2. The van der Waals surface area contributed by atoms with E-state index in [2.05, 4.69) is 0 Å². The van der Waals surface area contributed by atoms with Crippen LogP contribution >= 0.6 is 0 Å². The Morgan fingerprint density at radius 2 is 1.06 bits per heavy atom. The third kappa shape index (κ3) is 3.15. The van der Waals surface area contributed by atoms with Gasteiger partial charge in [0.05, 0.1) is 11.4 Å². The quantitative estimate of drug-likeness (QED) is 0.561. The molecule has 3 aromatic rings. The fourth-order valence-corrected chi connectivity index (χ4v) is 5.06. The number of amides is 2. The summed E-state index contributed by atoms with van der Waals surface area (Å²) >= 11 is 0. The Bertz CT molecular complexity index is 1270. The molecule has 7 heteroatoms. The lowest BCUT2D eigenvalue weighted by Crippen LogP contribution is -2.52. The van der Waals surface area contributed by atoms with Crippen molar-refractivity contribution in [1.82, 2.24) is 0 Å². The minimum absolute atomic E-state index is 0.339. The summed E-state index contributed by atoms with van der Waals surface area (Å²) in [4.78, 5) is 57.2. The van der Waals surface area contributed by atoms with Crippen LogP contribution < -0.4 is 9.80 Å². The molecule has 0 N–H and O–H groups in total. The van der Waals surface area contributed by atoms with Gasteiger partial charge in [0.2, 0.25) is 11.8 Å². The number of rotatable bonds is 3. The molecule has 0 fully saturated rings. The highest BCUT2D eigenvalue weighted by Gasteiger charge is 2.52. The van der Waals surface area contributed by atoms with E-state index in [4.69, 9.17) is 0 Å². The lowest BCUT2D eigenvalue weighted by Gasteiger charge is -2.40. The summed E-state index contributed by atoms with van der Waals surface area (Å²) < 4.78 is 13.8. The lowest BCUT2D eigenvalue weighted by molar-refractivity contribution is -0.124. The second-order valence-electron chi connectivity index (χ2n) is 8.59. The number of para-hydroxylation sites is 2. The number of carbonyl (C=O) groups excluding carboxylic acids is 4. The first-order chi connectivity index (χ1) is 16.3. The zero-order chi connectivity index (χ0) is 24.1. The summed E-state index contributed by atoms with van der Waals surface area (Å²) in [5.41, 5.74) is 1.99. The third-order valence-electron chi connectivity index (χ3n) is 6.79. The molecule has 34 heavy (non-hydrogen) atoms. The van der Waals surface area contributed by atoms with Gasteiger partial charge in [-0.2, -0.15) is 0 Å². The Morgan fingerprint density at radius 3 is 1.50 bits per heavy atom. The number of hydrogen-bond donors (Lipinski definition) is 0. The molecule has 5 rings (SSSR count). The van der Waals surface area contributed by atoms with Crippen molar-refractivity contribution in [3.05, 3.63) is 95.3 Å². The topological polar surface area (TPSA) is 74.8 Å². The largest absolute Gasteiger partial charge is 0.314 e. The molecule has 0 aliphatic carbocycles. The van der Waals surface area contributed by atoms with Crippen LogP contribution in [0.1, 0.15) is 32.2 Å². The van der Waals surface area contributed by atoms with Crippen LogP contribution in [0.2, 0.25) is 0 Å². The van der Waals surface area contributed by atoms with E-state index < -0.39 is 47.0 Å². The monoisotopic (exact) mass is 456 g/mol. The first kappa shape index (κ1) is 21.7. The Morgan fingerprint density at radius 1 is 0.647 bits per heavy atom. The molecule has 0 saturated heterocycles. The molecule has 3 atom stereocenters. The predicted molar refractivity (Wildman–Crippen MR) is 124 cm³/mol. The molecular formula is C27H21FN2O4. The number of carbonyl (C=O) groups is 4. The third-order valence-corrected chi connectivity index (χ3v) is 6.79.